The number of hydrogen-bond donors (Lipinski definition) is 1. The lowest BCUT2D eigenvalue weighted by Crippen LogP contribution is -2.39. The minimum absolute atomic E-state index is 0.293. The summed E-state index contributed by atoms with van der Waals surface area (Å²) in [6.45, 7) is 4.98. The van der Waals surface area contributed by atoms with E-state index in [1.165, 1.54) is 4.88 Å². The fourth-order valence-electron chi connectivity index (χ4n) is 1.96. The van der Waals surface area contributed by atoms with Crippen LogP contribution in [0.1, 0.15) is 11.3 Å². The highest BCUT2D eigenvalue weighted by atomic mass is 32.1. The van der Waals surface area contributed by atoms with E-state index in [9.17, 15) is 0 Å². The van der Waals surface area contributed by atoms with E-state index < -0.39 is 0 Å². The van der Waals surface area contributed by atoms with Crippen LogP contribution in [0.5, 0.6) is 0 Å². The second-order valence-corrected chi connectivity index (χ2v) is 5.32. The van der Waals surface area contributed by atoms with Crippen molar-refractivity contribution in [2.75, 3.05) is 32.8 Å². The maximum Gasteiger partial charge on any atom is 0.0594 e. The summed E-state index contributed by atoms with van der Waals surface area (Å²) in [5.74, 6) is 0. The van der Waals surface area contributed by atoms with Crippen LogP contribution in [0.2, 0.25) is 0 Å². The van der Waals surface area contributed by atoms with E-state index in [-0.39, 0.29) is 0 Å². The zero-order chi connectivity index (χ0) is 11.2. The van der Waals surface area contributed by atoms with E-state index in [4.69, 9.17) is 10.5 Å². The first-order valence-electron chi connectivity index (χ1n) is 5.92. The Morgan fingerprint density at radius 2 is 2.25 bits per heavy atom. The normalized spacial score (nSPS) is 19.8. The van der Waals surface area contributed by atoms with Crippen LogP contribution in [-0.2, 0) is 11.2 Å². The third-order valence-corrected chi connectivity index (χ3v) is 3.86. The molecule has 1 aliphatic rings. The topological polar surface area (TPSA) is 38.5 Å². The predicted molar refractivity (Wildman–Crippen MR) is 67.9 cm³/mol. The average molecular weight is 240 g/mol. The Balaban J connectivity index is 1.65. The number of ether oxygens (including phenoxy) is 1. The van der Waals surface area contributed by atoms with Gasteiger partial charge in [-0.05, 0) is 30.8 Å². The average Bonchev–Trinajstić information content (AvgIpc) is 2.81. The molecule has 0 saturated carbocycles. The van der Waals surface area contributed by atoms with E-state index in [0.717, 1.165) is 45.7 Å². The fraction of sp³-hybridized carbons (Fsp3) is 0.667. The second-order valence-electron chi connectivity index (χ2n) is 4.29. The maximum atomic E-state index is 6.13. The summed E-state index contributed by atoms with van der Waals surface area (Å²) in [5, 5.41) is 2.12. The monoisotopic (exact) mass is 240 g/mol. The van der Waals surface area contributed by atoms with Crippen molar-refractivity contribution in [3.05, 3.63) is 22.4 Å². The highest BCUT2D eigenvalue weighted by molar-refractivity contribution is 7.09. The van der Waals surface area contributed by atoms with E-state index in [1.54, 1.807) is 11.3 Å². The zero-order valence-electron chi connectivity index (χ0n) is 9.60. The quantitative estimate of drug-likeness (QED) is 0.844. The van der Waals surface area contributed by atoms with Gasteiger partial charge in [-0.1, -0.05) is 6.07 Å². The van der Waals surface area contributed by atoms with Crippen molar-refractivity contribution in [1.82, 2.24) is 4.90 Å². The Hall–Kier alpha value is -0.420. The van der Waals surface area contributed by atoms with Gasteiger partial charge in [-0.25, -0.2) is 0 Å². The molecule has 0 spiro atoms. The van der Waals surface area contributed by atoms with Crippen LogP contribution in [0.25, 0.3) is 0 Å². The third kappa shape index (κ3) is 3.87. The van der Waals surface area contributed by atoms with Gasteiger partial charge >= 0.3 is 0 Å². The molecule has 0 unspecified atom stereocenters. The summed E-state index contributed by atoms with van der Waals surface area (Å²) in [6, 6.07) is 4.55. The number of hydrogen-bond acceptors (Lipinski definition) is 4. The summed E-state index contributed by atoms with van der Waals surface area (Å²) in [5.41, 5.74) is 6.13. The van der Waals surface area contributed by atoms with Crippen molar-refractivity contribution < 1.29 is 4.74 Å². The first-order valence-corrected chi connectivity index (χ1v) is 6.80. The molecular formula is C12H20N2OS. The van der Waals surface area contributed by atoms with Gasteiger partial charge in [0.15, 0.2) is 0 Å². The number of rotatable bonds is 5. The summed E-state index contributed by atoms with van der Waals surface area (Å²) >= 11 is 1.80. The molecule has 1 aliphatic heterocycles. The Labute approximate surface area is 101 Å². The van der Waals surface area contributed by atoms with Crippen molar-refractivity contribution in [3.8, 4) is 0 Å². The minimum Gasteiger partial charge on any atom is -0.379 e. The number of morpholine rings is 1. The van der Waals surface area contributed by atoms with E-state index >= 15 is 0 Å². The molecule has 16 heavy (non-hydrogen) atoms. The van der Waals surface area contributed by atoms with Crippen LogP contribution in [-0.4, -0.2) is 43.8 Å². The molecule has 4 heteroatoms. The van der Waals surface area contributed by atoms with Crippen molar-refractivity contribution >= 4 is 11.3 Å². The summed E-state index contributed by atoms with van der Waals surface area (Å²) in [7, 11) is 0. The Morgan fingerprint density at radius 1 is 1.44 bits per heavy atom. The van der Waals surface area contributed by atoms with Crippen molar-refractivity contribution in [2.24, 2.45) is 5.73 Å². The molecule has 2 heterocycles. The molecule has 1 aromatic rings. The van der Waals surface area contributed by atoms with Crippen LogP contribution in [0.4, 0.5) is 0 Å². The maximum absolute atomic E-state index is 6.13. The van der Waals surface area contributed by atoms with E-state index in [0.29, 0.717) is 6.04 Å². The molecule has 1 atom stereocenters. The molecule has 2 rings (SSSR count). The largest absolute Gasteiger partial charge is 0.379 e. The van der Waals surface area contributed by atoms with Gasteiger partial charge in [0.2, 0.25) is 0 Å². The lowest BCUT2D eigenvalue weighted by atomic mass is 10.1. The molecule has 3 nitrogen and oxygen atoms in total. The lowest BCUT2D eigenvalue weighted by molar-refractivity contribution is 0.0366. The Kier molecular flexibility index (Phi) is 4.78. The summed E-state index contributed by atoms with van der Waals surface area (Å²) in [4.78, 5) is 3.84. The first kappa shape index (κ1) is 12.0. The van der Waals surface area contributed by atoms with Crippen LogP contribution in [0.3, 0.4) is 0 Å². The lowest BCUT2D eigenvalue weighted by Gasteiger charge is -2.27. The van der Waals surface area contributed by atoms with Crippen molar-refractivity contribution in [1.29, 1.82) is 0 Å². The third-order valence-electron chi connectivity index (χ3n) is 2.96. The van der Waals surface area contributed by atoms with Gasteiger partial charge in [-0.2, -0.15) is 0 Å². The molecule has 0 aliphatic carbocycles. The van der Waals surface area contributed by atoms with Crippen LogP contribution >= 0.6 is 11.3 Å². The van der Waals surface area contributed by atoms with E-state index in [1.807, 2.05) is 0 Å². The SMILES string of the molecule is N[C@H](CCN1CCOCC1)Cc1cccs1. The van der Waals surface area contributed by atoms with Gasteiger partial charge in [-0.15, -0.1) is 11.3 Å². The van der Waals surface area contributed by atoms with Crippen LogP contribution in [0, 0.1) is 0 Å². The molecule has 0 radical (unpaired) electrons. The Bertz CT molecular complexity index is 283. The summed E-state index contributed by atoms with van der Waals surface area (Å²) < 4.78 is 5.32. The molecule has 2 N–H and O–H groups in total. The number of nitrogens with two attached hydrogens (primary N) is 1. The fourth-order valence-corrected chi connectivity index (χ4v) is 2.76. The second kappa shape index (κ2) is 6.35. The minimum atomic E-state index is 0.293. The smallest absolute Gasteiger partial charge is 0.0594 e. The van der Waals surface area contributed by atoms with Gasteiger partial charge in [0.05, 0.1) is 13.2 Å². The molecule has 1 fully saturated rings. The molecule has 0 bridgehead atoms. The standard InChI is InChI=1S/C12H20N2OS/c13-11(10-12-2-1-9-16-12)3-4-14-5-7-15-8-6-14/h1-2,9,11H,3-8,10,13H2/t11-/m1/s1. The van der Waals surface area contributed by atoms with Gasteiger partial charge in [0.1, 0.15) is 0 Å². The van der Waals surface area contributed by atoms with Gasteiger partial charge in [0.25, 0.3) is 0 Å². The van der Waals surface area contributed by atoms with Crippen LogP contribution < -0.4 is 5.73 Å². The van der Waals surface area contributed by atoms with Gasteiger partial charge in [-0.3, -0.25) is 4.90 Å². The van der Waals surface area contributed by atoms with Gasteiger partial charge in [0, 0.05) is 24.0 Å². The number of thiophene rings is 1. The highest BCUT2D eigenvalue weighted by Gasteiger charge is 2.12. The van der Waals surface area contributed by atoms with Crippen molar-refractivity contribution in [2.45, 2.75) is 18.9 Å². The molecule has 90 valence electrons. The zero-order valence-corrected chi connectivity index (χ0v) is 10.4. The molecule has 1 saturated heterocycles. The van der Waals surface area contributed by atoms with E-state index in [2.05, 4.69) is 22.4 Å². The highest BCUT2D eigenvalue weighted by Crippen LogP contribution is 2.12. The Morgan fingerprint density at radius 3 is 2.94 bits per heavy atom. The van der Waals surface area contributed by atoms with Crippen molar-refractivity contribution in [3.63, 3.8) is 0 Å². The van der Waals surface area contributed by atoms with Gasteiger partial charge < -0.3 is 10.5 Å². The molecule has 1 aromatic heterocycles. The summed E-state index contributed by atoms with van der Waals surface area (Å²) in [6.07, 6.45) is 2.10. The molecule has 0 aromatic carbocycles. The predicted octanol–water partition coefficient (Wildman–Crippen LogP) is 1.34. The van der Waals surface area contributed by atoms with Crippen LogP contribution in [0.15, 0.2) is 17.5 Å². The first-order chi connectivity index (χ1) is 7.84. The number of nitrogens with zero attached hydrogens (tertiary/aromatic N) is 1. The molecular weight excluding hydrogens is 220 g/mol. The molecule has 0 amide bonds.